The Morgan fingerprint density at radius 3 is 1.26 bits per heavy atom. The summed E-state index contributed by atoms with van der Waals surface area (Å²) in [6.07, 6.45) is 32.6. The first-order chi connectivity index (χ1) is 26.2. The average Bonchev–Trinajstić information content (AvgIpc) is 3.16. The molecule has 0 radical (unpaired) electrons. The standard InChI is InChI=1S/C47H90N2O5/c1-7-11-15-19-21-25-30-42(28-23-17-13-9-3)45(51)53-40-35-47(33-38-49(39-34-47)44(50)32-27-37-48(5)6)36-41-54-46(52)43(29-24-18-14-10-4)31-26-22-20-16-12-8-2/h42-43H,7-41H2,1-6H3. The highest BCUT2D eigenvalue weighted by Crippen LogP contribution is 2.39. The van der Waals surface area contributed by atoms with Gasteiger partial charge in [0.15, 0.2) is 0 Å². The number of piperidine rings is 1. The molecule has 1 rings (SSSR count). The molecule has 0 saturated carbocycles. The third-order valence-electron chi connectivity index (χ3n) is 12.2. The minimum atomic E-state index is -0.104. The van der Waals surface area contributed by atoms with Crippen molar-refractivity contribution in [3.8, 4) is 0 Å². The lowest BCUT2D eigenvalue weighted by Gasteiger charge is -2.42. The number of unbranched alkanes of at least 4 members (excludes halogenated alkanes) is 16. The summed E-state index contributed by atoms with van der Waals surface area (Å²) < 4.78 is 12.2. The molecule has 0 aromatic carbocycles. The average molecular weight is 763 g/mol. The van der Waals surface area contributed by atoms with Gasteiger partial charge in [0, 0.05) is 19.5 Å². The van der Waals surface area contributed by atoms with E-state index in [1.165, 1.54) is 103 Å². The van der Waals surface area contributed by atoms with Crippen LogP contribution in [0.5, 0.6) is 0 Å². The second-order valence-corrected chi connectivity index (χ2v) is 17.3. The number of nitrogens with zero attached hydrogens (tertiary/aromatic N) is 2. The number of carbonyl (C=O) groups excluding carboxylic acids is 3. The fourth-order valence-electron chi connectivity index (χ4n) is 8.27. The molecule has 1 amide bonds. The Balaban J connectivity index is 2.88. The van der Waals surface area contributed by atoms with Crippen molar-refractivity contribution >= 4 is 17.8 Å². The fourth-order valence-corrected chi connectivity index (χ4v) is 8.27. The molecule has 1 fully saturated rings. The number of amides is 1. The zero-order chi connectivity index (χ0) is 39.7. The zero-order valence-electron chi connectivity index (χ0n) is 36.8. The predicted octanol–water partition coefficient (Wildman–Crippen LogP) is 12.5. The van der Waals surface area contributed by atoms with Gasteiger partial charge >= 0.3 is 11.9 Å². The second-order valence-electron chi connectivity index (χ2n) is 17.3. The van der Waals surface area contributed by atoms with Crippen LogP contribution in [-0.4, -0.2) is 74.6 Å². The van der Waals surface area contributed by atoms with Crippen LogP contribution in [0.25, 0.3) is 0 Å². The van der Waals surface area contributed by atoms with Crippen LogP contribution in [0.2, 0.25) is 0 Å². The minimum absolute atomic E-state index is 0.00697. The van der Waals surface area contributed by atoms with Crippen molar-refractivity contribution in [3.05, 3.63) is 0 Å². The Morgan fingerprint density at radius 1 is 0.537 bits per heavy atom. The molecule has 1 heterocycles. The summed E-state index contributed by atoms with van der Waals surface area (Å²) in [7, 11) is 4.10. The SMILES string of the molecule is CCCCCCCCC(CCCCCC)C(=O)OCCC1(CCOC(=O)C(CCCCCC)CCCCCCCC)CCN(C(=O)CCCN(C)C)CC1. The Bertz CT molecular complexity index is 864. The summed E-state index contributed by atoms with van der Waals surface area (Å²) in [5.74, 6) is 0.191. The minimum Gasteiger partial charge on any atom is -0.465 e. The third kappa shape index (κ3) is 24.8. The van der Waals surface area contributed by atoms with Gasteiger partial charge in [-0.2, -0.15) is 0 Å². The number of ether oxygens (including phenoxy) is 2. The molecule has 2 unspecified atom stereocenters. The van der Waals surface area contributed by atoms with Gasteiger partial charge in [-0.3, -0.25) is 14.4 Å². The summed E-state index contributed by atoms with van der Waals surface area (Å²) in [5, 5.41) is 0. The van der Waals surface area contributed by atoms with Gasteiger partial charge < -0.3 is 19.3 Å². The van der Waals surface area contributed by atoms with Crippen molar-refractivity contribution in [3.63, 3.8) is 0 Å². The van der Waals surface area contributed by atoms with Gasteiger partial charge in [-0.25, -0.2) is 0 Å². The lowest BCUT2D eigenvalue weighted by molar-refractivity contribution is -0.151. The lowest BCUT2D eigenvalue weighted by Crippen LogP contribution is -2.44. The van der Waals surface area contributed by atoms with Gasteiger partial charge in [-0.05, 0) is 83.8 Å². The number of likely N-dealkylation sites (tertiary alicyclic amines) is 1. The van der Waals surface area contributed by atoms with E-state index in [4.69, 9.17) is 9.47 Å². The first-order valence-corrected chi connectivity index (χ1v) is 23.5. The largest absolute Gasteiger partial charge is 0.465 e. The highest BCUT2D eigenvalue weighted by molar-refractivity contribution is 5.76. The van der Waals surface area contributed by atoms with E-state index in [0.717, 1.165) is 103 Å². The molecular formula is C47H90N2O5. The smallest absolute Gasteiger partial charge is 0.308 e. The van der Waals surface area contributed by atoms with Gasteiger partial charge in [-0.1, -0.05) is 156 Å². The molecule has 0 aromatic rings. The summed E-state index contributed by atoms with van der Waals surface area (Å²) in [5.41, 5.74) is -0.104. The summed E-state index contributed by atoms with van der Waals surface area (Å²) in [6.45, 7) is 12.1. The normalized spacial score (nSPS) is 15.4. The number of rotatable bonds is 36. The van der Waals surface area contributed by atoms with Gasteiger partial charge in [0.2, 0.25) is 5.91 Å². The van der Waals surface area contributed by atoms with E-state index in [0.29, 0.717) is 19.6 Å². The van der Waals surface area contributed by atoms with Gasteiger partial charge in [0.1, 0.15) is 0 Å². The Morgan fingerprint density at radius 2 is 0.889 bits per heavy atom. The van der Waals surface area contributed by atoms with E-state index in [1.54, 1.807) is 0 Å². The second kappa shape index (κ2) is 33.5. The van der Waals surface area contributed by atoms with E-state index in [9.17, 15) is 14.4 Å². The Hall–Kier alpha value is -1.63. The number of esters is 2. The molecule has 54 heavy (non-hydrogen) atoms. The van der Waals surface area contributed by atoms with Gasteiger partial charge in [0.25, 0.3) is 0 Å². The van der Waals surface area contributed by atoms with Crippen LogP contribution in [0.1, 0.15) is 220 Å². The molecule has 0 aromatic heterocycles. The quantitative estimate of drug-likeness (QED) is 0.0467. The van der Waals surface area contributed by atoms with Crippen LogP contribution in [0, 0.1) is 17.3 Å². The van der Waals surface area contributed by atoms with Crippen LogP contribution in [0.15, 0.2) is 0 Å². The van der Waals surface area contributed by atoms with Crippen molar-refractivity contribution < 1.29 is 23.9 Å². The molecule has 1 saturated heterocycles. The molecule has 1 aliphatic rings. The highest BCUT2D eigenvalue weighted by Gasteiger charge is 2.36. The zero-order valence-corrected chi connectivity index (χ0v) is 36.8. The van der Waals surface area contributed by atoms with Crippen LogP contribution >= 0.6 is 0 Å². The summed E-state index contributed by atoms with van der Waals surface area (Å²) >= 11 is 0. The molecule has 0 bridgehead atoms. The summed E-state index contributed by atoms with van der Waals surface area (Å²) in [4.78, 5) is 44.3. The molecule has 0 spiro atoms. The maximum atomic E-state index is 13.5. The fraction of sp³-hybridized carbons (Fsp3) is 0.936. The van der Waals surface area contributed by atoms with Crippen molar-refractivity contribution in [1.29, 1.82) is 0 Å². The predicted molar refractivity (Wildman–Crippen MR) is 228 cm³/mol. The maximum Gasteiger partial charge on any atom is 0.308 e. The number of hydrogen-bond acceptors (Lipinski definition) is 6. The first kappa shape index (κ1) is 50.4. The first-order valence-electron chi connectivity index (χ1n) is 23.5. The van der Waals surface area contributed by atoms with E-state index in [1.807, 2.05) is 19.0 Å². The Kier molecular flexibility index (Phi) is 31.3. The topological polar surface area (TPSA) is 76.1 Å². The van der Waals surface area contributed by atoms with Crippen LogP contribution in [0.3, 0.4) is 0 Å². The van der Waals surface area contributed by atoms with Crippen LogP contribution < -0.4 is 0 Å². The lowest BCUT2D eigenvalue weighted by atomic mass is 9.73. The Labute approximate surface area is 335 Å². The van der Waals surface area contributed by atoms with E-state index in [-0.39, 0.29) is 35.1 Å². The van der Waals surface area contributed by atoms with Crippen molar-refractivity contribution in [2.45, 2.75) is 220 Å². The van der Waals surface area contributed by atoms with Crippen molar-refractivity contribution in [2.75, 3.05) is 46.9 Å². The number of hydrogen-bond donors (Lipinski definition) is 0. The molecular weight excluding hydrogens is 673 g/mol. The van der Waals surface area contributed by atoms with Gasteiger partial charge in [-0.15, -0.1) is 0 Å². The molecule has 0 N–H and O–H groups in total. The number of carbonyl (C=O) groups is 3. The van der Waals surface area contributed by atoms with Crippen LogP contribution in [-0.2, 0) is 23.9 Å². The molecule has 1 aliphatic heterocycles. The molecule has 0 aliphatic carbocycles. The highest BCUT2D eigenvalue weighted by atomic mass is 16.5. The maximum absolute atomic E-state index is 13.5. The van der Waals surface area contributed by atoms with Crippen molar-refractivity contribution in [1.82, 2.24) is 9.80 Å². The van der Waals surface area contributed by atoms with E-state index >= 15 is 0 Å². The molecule has 7 heteroatoms. The third-order valence-corrected chi connectivity index (χ3v) is 12.2. The summed E-state index contributed by atoms with van der Waals surface area (Å²) in [6, 6.07) is 0. The van der Waals surface area contributed by atoms with Crippen LogP contribution in [0.4, 0.5) is 0 Å². The van der Waals surface area contributed by atoms with Crippen molar-refractivity contribution in [2.24, 2.45) is 17.3 Å². The molecule has 2 atom stereocenters. The van der Waals surface area contributed by atoms with Gasteiger partial charge in [0.05, 0.1) is 25.0 Å². The van der Waals surface area contributed by atoms with E-state index < -0.39 is 0 Å². The van der Waals surface area contributed by atoms with E-state index in [2.05, 4.69) is 32.6 Å². The molecule has 318 valence electrons. The monoisotopic (exact) mass is 763 g/mol. The molecule has 7 nitrogen and oxygen atoms in total.